The largest absolute Gasteiger partial charge is 0.496 e. The fourth-order valence-corrected chi connectivity index (χ4v) is 2.80. The Hall–Kier alpha value is -2.98. The Labute approximate surface area is 163 Å². The normalized spacial score (nSPS) is 10.9. The molecule has 0 aliphatic heterocycles. The number of sulfonamides is 1. The summed E-state index contributed by atoms with van der Waals surface area (Å²) >= 11 is 0. The lowest BCUT2D eigenvalue weighted by molar-refractivity contribution is 0.0446. The van der Waals surface area contributed by atoms with Crippen LogP contribution in [0.2, 0.25) is 0 Å². The van der Waals surface area contributed by atoms with Crippen molar-refractivity contribution in [1.29, 1.82) is 0 Å². The molecule has 28 heavy (non-hydrogen) atoms. The number of benzene rings is 2. The van der Waals surface area contributed by atoms with Crippen LogP contribution in [-0.4, -0.2) is 48.9 Å². The van der Waals surface area contributed by atoms with Gasteiger partial charge in [-0.3, -0.25) is 0 Å². The summed E-state index contributed by atoms with van der Waals surface area (Å²) in [5, 5.41) is 5.03. The number of primary sulfonamides is 1. The van der Waals surface area contributed by atoms with E-state index in [0.717, 1.165) is 0 Å². The second kappa shape index (κ2) is 9.29. The average Bonchev–Trinajstić information content (AvgIpc) is 2.69. The molecule has 0 atom stereocenters. The number of esters is 1. The van der Waals surface area contributed by atoms with E-state index in [1.54, 1.807) is 0 Å². The van der Waals surface area contributed by atoms with Crippen molar-refractivity contribution >= 4 is 16.0 Å². The summed E-state index contributed by atoms with van der Waals surface area (Å²) in [7, 11) is 0.590. The lowest BCUT2D eigenvalue weighted by Crippen LogP contribution is -2.14. The zero-order chi connectivity index (χ0) is 20.7. The Morgan fingerprint density at radius 1 is 0.893 bits per heavy atom. The number of methoxy groups -OCH3 is 3. The number of nitrogens with two attached hydrogens (primary N) is 1. The van der Waals surface area contributed by atoms with E-state index in [1.165, 1.54) is 57.7 Å². The molecule has 0 bridgehead atoms. The first-order valence-corrected chi connectivity index (χ1v) is 9.57. The third kappa shape index (κ3) is 5.27. The standard InChI is InChI=1S/C18H21NO8S/c1-23-15-11-17(25-3)16(24-2)10-14(15)18(20)27-9-8-26-12-4-6-13(7-5-12)28(19,21)22/h4-7,10-11H,8-9H2,1-3H3,(H2,19,21,22). The fourth-order valence-electron chi connectivity index (χ4n) is 2.29. The fraction of sp³-hybridized carbons (Fsp3) is 0.278. The van der Waals surface area contributed by atoms with Crippen LogP contribution in [0.4, 0.5) is 0 Å². The van der Waals surface area contributed by atoms with Crippen LogP contribution < -0.4 is 24.1 Å². The third-order valence-electron chi connectivity index (χ3n) is 3.66. The van der Waals surface area contributed by atoms with E-state index in [0.29, 0.717) is 17.2 Å². The number of carbonyl (C=O) groups excluding carboxylic acids is 1. The van der Waals surface area contributed by atoms with Crippen LogP contribution >= 0.6 is 0 Å². The molecular formula is C18H21NO8S. The number of rotatable bonds is 9. The molecule has 0 heterocycles. The van der Waals surface area contributed by atoms with E-state index in [4.69, 9.17) is 28.8 Å². The predicted octanol–water partition coefficient (Wildman–Crippen LogP) is 1.60. The van der Waals surface area contributed by atoms with Crippen molar-refractivity contribution in [2.45, 2.75) is 4.90 Å². The summed E-state index contributed by atoms with van der Waals surface area (Å²) in [6, 6.07) is 8.56. The van der Waals surface area contributed by atoms with E-state index in [1.807, 2.05) is 0 Å². The molecule has 2 rings (SSSR count). The number of hydrogen-bond acceptors (Lipinski definition) is 8. The molecule has 2 aromatic rings. The van der Waals surface area contributed by atoms with E-state index >= 15 is 0 Å². The average molecular weight is 411 g/mol. The highest BCUT2D eigenvalue weighted by Crippen LogP contribution is 2.34. The minimum Gasteiger partial charge on any atom is -0.496 e. The molecule has 0 saturated heterocycles. The Balaban J connectivity index is 1.95. The van der Waals surface area contributed by atoms with E-state index in [2.05, 4.69) is 0 Å². The van der Waals surface area contributed by atoms with Crippen molar-refractivity contribution in [3.63, 3.8) is 0 Å². The zero-order valence-corrected chi connectivity index (χ0v) is 16.4. The number of carbonyl (C=O) groups is 1. The first kappa shape index (κ1) is 21.3. The molecule has 0 spiro atoms. The van der Waals surface area contributed by atoms with Crippen molar-refractivity contribution in [2.24, 2.45) is 5.14 Å². The highest BCUT2D eigenvalue weighted by atomic mass is 32.2. The van der Waals surface area contributed by atoms with Crippen molar-refractivity contribution in [1.82, 2.24) is 0 Å². The molecule has 0 saturated carbocycles. The number of ether oxygens (including phenoxy) is 5. The van der Waals surface area contributed by atoms with Gasteiger partial charge in [-0.25, -0.2) is 18.4 Å². The van der Waals surface area contributed by atoms with Gasteiger partial charge < -0.3 is 23.7 Å². The molecule has 2 aromatic carbocycles. The second-order valence-electron chi connectivity index (χ2n) is 5.41. The SMILES string of the molecule is COc1cc(OC)c(C(=O)OCCOc2ccc(S(N)(=O)=O)cc2)cc1OC. The summed E-state index contributed by atoms with van der Waals surface area (Å²) in [6.45, 7) is 0.0311. The molecule has 0 aromatic heterocycles. The van der Waals surface area contributed by atoms with E-state index in [-0.39, 0.29) is 29.4 Å². The Morgan fingerprint density at radius 3 is 2.00 bits per heavy atom. The van der Waals surface area contributed by atoms with Gasteiger partial charge in [-0.2, -0.15) is 0 Å². The molecule has 10 heteroatoms. The Kier molecular flexibility index (Phi) is 7.07. The summed E-state index contributed by atoms with van der Waals surface area (Å²) in [5.41, 5.74) is 0.178. The zero-order valence-electron chi connectivity index (χ0n) is 15.6. The Morgan fingerprint density at radius 2 is 1.46 bits per heavy atom. The molecule has 0 unspecified atom stereocenters. The monoisotopic (exact) mass is 411 g/mol. The van der Waals surface area contributed by atoms with Gasteiger partial charge >= 0.3 is 5.97 Å². The van der Waals surface area contributed by atoms with Crippen LogP contribution in [0.1, 0.15) is 10.4 Å². The van der Waals surface area contributed by atoms with Crippen LogP contribution in [0.5, 0.6) is 23.0 Å². The van der Waals surface area contributed by atoms with Gasteiger partial charge in [0, 0.05) is 12.1 Å². The molecule has 9 nitrogen and oxygen atoms in total. The maximum Gasteiger partial charge on any atom is 0.342 e. The second-order valence-corrected chi connectivity index (χ2v) is 6.97. The summed E-state index contributed by atoms with van der Waals surface area (Å²) in [5.74, 6) is 0.851. The molecule has 2 N–H and O–H groups in total. The van der Waals surface area contributed by atoms with Gasteiger partial charge in [0.1, 0.15) is 30.3 Å². The first-order valence-electron chi connectivity index (χ1n) is 8.03. The van der Waals surface area contributed by atoms with Gasteiger partial charge in [0.2, 0.25) is 10.0 Å². The highest BCUT2D eigenvalue weighted by molar-refractivity contribution is 7.89. The summed E-state index contributed by atoms with van der Waals surface area (Å²) in [6.07, 6.45) is 0. The van der Waals surface area contributed by atoms with Crippen LogP contribution in [0, 0.1) is 0 Å². The van der Waals surface area contributed by atoms with Crippen molar-refractivity contribution in [2.75, 3.05) is 34.5 Å². The highest BCUT2D eigenvalue weighted by Gasteiger charge is 2.19. The van der Waals surface area contributed by atoms with E-state index in [9.17, 15) is 13.2 Å². The molecule has 0 amide bonds. The Bertz CT molecular complexity index is 925. The third-order valence-corrected chi connectivity index (χ3v) is 4.59. The maximum atomic E-state index is 12.3. The van der Waals surface area contributed by atoms with Crippen molar-refractivity contribution in [3.8, 4) is 23.0 Å². The predicted molar refractivity (Wildman–Crippen MR) is 99.7 cm³/mol. The van der Waals surface area contributed by atoms with Crippen LogP contribution in [0.25, 0.3) is 0 Å². The van der Waals surface area contributed by atoms with Gasteiger partial charge in [0.25, 0.3) is 0 Å². The first-order chi connectivity index (χ1) is 13.3. The summed E-state index contributed by atoms with van der Waals surface area (Å²) in [4.78, 5) is 12.3. The van der Waals surface area contributed by atoms with Crippen LogP contribution in [0.3, 0.4) is 0 Å². The van der Waals surface area contributed by atoms with Gasteiger partial charge in [0.15, 0.2) is 11.5 Å². The quantitative estimate of drug-likeness (QED) is 0.487. The molecular weight excluding hydrogens is 390 g/mol. The molecule has 0 fully saturated rings. The van der Waals surface area contributed by atoms with Crippen molar-refractivity contribution in [3.05, 3.63) is 42.0 Å². The van der Waals surface area contributed by atoms with Gasteiger partial charge in [0.05, 0.1) is 26.2 Å². The van der Waals surface area contributed by atoms with E-state index < -0.39 is 16.0 Å². The van der Waals surface area contributed by atoms with Gasteiger partial charge in [-0.05, 0) is 24.3 Å². The van der Waals surface area contributed by atoms with Gasteiger partial charge in [-0.1, -0.05) is 0 Å². The molecule has 0 aliphatic carbocycles. The molecule has 0 aliphatic rings. The number of hydrogen-bond donors (Lipinski definition) is 1. The lowest BCUT2D eigenvalue weighted by Gasteiger charge is -2.13. The van der Waals surface area contributed by atoms with Gasteiger partial charge in [-0.15, -0.1) is 0 Å². The van der Waals surface area contributed by atoms with Crippen LogP contribution in [-0.2, 0) is 14.8 Å². The molecule has 152 valence electrons. The van der Waals surface area contributed by atoms with Crippen LogP contribution in [0.15, 0.2) is 41.3 Å². The summed E-state index contributed by atoms with van der Waals surface area (Å²) < 4.78 is 48.5. The topological polar surface area (TPSA) is 123 Å². The molecule has 0 radical (unpaired) electrons. The maximum absolute atomic E-state index is 12.3. The smallest absolute Gasteiger partial charge is 0.342 e. The minimum absolute atomic E-state index is 0.0215. The van der Waals surface area contributed by atoms with Crippen molar-refractivity contribution < 1.29 is 36.9 Å². The minimum atomic E-state index is -3.76. The lowest BCUT2D eigenvalue weighted by atomic mass is 10.1.